The SMILES string of the molecule is CSc1sc2cc(N3CC(CNC(C)=O)OC3=O)ccc2[n+]1C. The van der Waals surface area contributed by atoms with Crippen molar-refractivity contribution in [3.05, 3.63) is 18.2 Å². The molecule has 6 nitrogen and oxygen atoms in total. The molecule has 8 heteroatoms. The quantitative estimate of drug-likeness (QED) is 0.674. The van der Waals surface area contributed by atoms with Crippen molar-refractivity contribution in [1.29, 1.82) is 0 Å². The molecule has 2 aromatic rings. The zero-order valence-electron chi connectivity index (χ0n) is 13.2. The molecule has 3 rings (SSSR count). The van der Waals surface area contributed by atoms with E-state index in [0.717, 1.165) is 15.9 Å². The number of hydrogen-bond acceptors (Lipinski definition) is 5. The molecule has 1 aliphatic rings. The van der Waals surface area contributed by atoms with Gasteiger partial charge in [0.15, 0.2) is 0 Å². The molecule has 0 bridgehead atoms. The first-order chi connectivity index (χ1) is 11.0. The van der Waals surface area contributed by atoms with Gasteiger partial charge in [0.05, 0.1) is 13.1 Å². The summed E-state index contributed by atoms with van der Waals surface area (Å²) in [6.07, 6.45) is 1.37. The van der Waals surface area contributed by atoms with Gasteiger partial charge in [0, 0.05) is 18.7 Å². The number of fused-ring (bicyclic) bond motifs is 1. The molecular formula is C15H18N3O3S2+. The molecule has 1 saturated heterocycles. The molecule has 0 radical (unpaired) electrons. The number of hydrogen-bond donors (Lipinski definition) is 1. The molecule has 1 atom stereocenters. The minimum atomic E-state index is -0.370. The molecular weight excluding hydrogens is 334 g/mol. The van der Waals surface area contributed by atoms with Crippen molar-refractivity contribution in [2.24, 2.45) is 7.05 Å². The number of carbonyl (C=O) groups is 2. The minimum absolute atomic E-state index is 0.128. The van der Waals surface area contributed by atoms with Crippen LogP contribution in [0.15, 0.2) is 22.5 Å². The first-order valence-electron chi connectivity index (χ1n) is 7.18. The number of anilines is 1. The van der Waals surface area contributed by atoms with Crippen LogP contribution in [0.4, 0.5) is 10.5 Å². The lowest BCUT2D eigenvalue weighted by Crippen LogP contribution is -2.33. The Morgan fingerprint density at radius 3 is 3.04 bits per heavy atom. The molecule has 0 aliphatic carbocycles. The number of rotatable bonds is 4. The number of carbonyl (C=O) groups excluding carboxylic acids is 2. The number of amides is 2. The van der Waals surface area contributed by atoms with Crippen LogP contribution < -0.4 is 14.8 Å². The van der Waals surface area contributed by atoms with Crippen molar-refractivity contribution in [3.63, 3.8) is 0 Å². The Bertz CT molecular complexity index is 775. The summed E-state index contributed by atoms with van der Waals surface area (Å²) in [7, 11) is 2.04. The average Bonchev–Trinajstić information content (AvgIpc) is 3.05. The third-order valence-electron chi connectivity index (χ3n) is 3.71. The molecule has 1 unspecified atom stereocenters. The van der Waals surface area contributed by atoms with Gasteiger partial charge in [-0.3, -0.25) is 9.69 Å². The highest BCUT2D eigenvalue weighted by molar-refractivity contribution is 8.00. The highest BCUT2D eigenvalue weighted by Crippen LogP contribution is 2.31. The second-order valence-electron chi connectivity index (χ2n) is 5.34. The predicted octanol–water partition coefficient (Wildman–Crippen LogP) is 1.91. The summed E-state index contributed by atoms with van der Waals surface area (Å²) in [5.74, 6) is -0.128. The van der Waals surface area contributed by atoms with Crippen molar-refractivity contribution in [2.75, 3.05) is 24.2 Å². The number of thiazole rings is 1. The van der Waals surface area contributed by atoms with Crippen LogP contribution in [-0.4, -0.2) is 37.4 Å². The number of nitrogens with zero attached hydrogens (tertiary/aromatic N) is 2. The molecule has 1 aromatic heterocycles. The zero-order chi connectivity index (χ0) is 16.6. The predicted molar refractivity (Wildman–Crippen MR) is 91.1 cm³/mol. The second kappa shape index (κ2) is 6.37. The molecule has 122 valence electrons. The molecule has 0 saturated carbocycles. The first kappa shape index (κ1) is 16.1. The van der Waals surface area contributed by atoms with Crippen LogP contribution in [0.1, 0.15) is 6.92 Å². The Morgan fingerprint density at radius 1 is 1.57 bits per heavy atom. The van der Waals surface area contributed by atoms with Gasteiger partial charge in [0.1, 0.15) is 17.9 Å². The lowest BCUT2D eigenvalue weighted by molar-refractivity contribution is -0.676. The Labute approximate surface area is 142 Å². The van der Waals surface area contributed by atoms with Crippen LogP contribution >= 0.6 is 23.1 Å². The maximum atomic E-state index is 12.1. The number of cyclic esters (lactones) is 1. The highest BCUT2D eigenvalue weighted by Gasteiger charge is 2.33. The van der Waals surface area contributed by atoms with Gasteiger partial charge in [-0.1, -0.05) is 11.3 Å². The van der Waals surface area contributed by atoms with Gasteiger partial charge >= 0.3 is 6.09 Å². The van der Waals surface area contributed by atoms with Crippen LogP contribution in [0.25, 0.3) is 10.2 Å². The van der Waals surface area contributed by atoms with Crippen molar-refractivity contribution in [1.82, 2.24) is 5.32 Å². The molecule has 23 heavy (non-hydrogen) atoms. The maximum Gasteiger partial charge on any atom is 0.414 e. The van der Waals surface area contributed by atoms with Crippen LogP contribution in [0, 0.1) is 0 Å². The van der Waals surface area contributed by atoms with E-state index in [0.29, 0.717) is 13.1 Å². The fourth-order valence-corrected chi connectivity index (χ4v) is 4.45. The van der Waals surface area contributed by atoms with E-state index in [2.05, 4.69) is 16.1 Å². The number of aromatic nitrogens is 1. The van der Waals surface area contributed by atoms with E-state index in [4.69, 9.17) is 4.74 Å². The number of aryl methyl sites for hydroxylation is 1. The summed E-state index contributed by atoms with van der Waals surface area (Å²) >= 11 is 3.41. The van der Waals surface area contributed by atoms with Gasteiger partial charge in [0.2, 0.25) is 11.4 Å². The average molecular weight is 352 g/mol. The number of benzene rings is 1. The number of ether oxygens (including phenoxy) is 1. The highest BCUT2D eigenvalue weighted by atomic mass is 32.2. The fourth-order valence-electron chi connectivity index (χ4n) is 2.57. The summed E-state index contributed by atoms with van der Waals surface area (Å²) in [5, 5.41) is 2.68. The number of nitrogens with one attached hydrogen (secondary N) is 1. The molecule has 1 fully saturated rings. The third kappa shape index (κ3) is 3.13. The summed E-state index contributed by atoms with van der Waals surface area (Å²) in [4.78, 5) is 24.7. The maximum absolute atomic E-state index is 12.1. The zero-order valence-corrected chi connectivity index (χ0v) is 14.8. The van der Waals surface area contributed by atoms with E-state index < -0.39 is 0 Å². The molecule has 2 amide bonds. The van der Waals surface area contributed by atoms with E-state index in [9.17, 15) is 9.59 Å². The van der Waals surface area contributed by atoms with Crippen LogP contribution in [0.3, 0.4) is 0 Å². The fraction of sp³-hybridized carbons (Fsp3) is 0.400. The van der Waals surface area contributed by atoms with Gasteiger partial charge in [-0.25, -0.2) is 4.79 Å². The molecule has 1 aliphatic heterocycles. The Morgan fingerprint density at radius 2 is 2.35 bits per heavy atom. The van der Waals surface area contributed by atoms with E-state index in [-0.39, 0.29) is 18.1 Å². The van der Waals surface area contributed by atoms with Gasteiger partial charge < -0.3 is 10.1 Å². The topological polar surface area (TPSA) is 62.5 Å². The first-order valence-corrected chi connectivity index (χ1v) is 9.23. The van der Waals surface area contributed by atoms with E-state index in [1.165, 1.54) is 11.3 Å². The van der Waals surface area contributed by atoms with Crippen LogP contribution in [0.2, 0.25) is 0 Å². The second-order valence-corrected chi connectivity index (χ2v) is 7.42. The smallest absolute Gasteiger partial charge is 0.414 e. The Balaban J connectivity index is 1.82. The van der Waals surface area contributed by atoms with E-state index in [1.54, 1.807) is 28.0 Å². The third-order valence-corrected chi connectivity index (χ3v) is 6.08. The van der Waals surface area contributed by atoms with Crippen LogP contribution in [-0.2, 0) is 16.6 Å². The van der Waals surface area contributed by atoms with Gasteiger partial charge in [-0.05, 0) is 30.2 Å². The Kier molecular flexibility index (Phi) is 4.45. The summed E-state index contributed by atoms with van der Waals surface area (Å²) in [5.41, 5.74) is 1.97. The normalized spacial score (nSPS) is 17.6. The molecule has 1 aromatic carbocycles. The van der Waals surface area contributed by atoms with Crippen LogP contribution in [0.5, 0.6) is 0 Å². The Hall–Kier alpha value is -1.80. The number of thioether (sulfide) groups is 1. The van der Waals surface area contributed by atoms with Crippen molar-refractivity contribution in [3.8, 4) is 0 Å². The van der Waals surface area contributed by atoms with Crippen molar-refractivity contribution < 1.29 is 18.9 Å². The molecule has 1 N–H and O–H groups in total. The van der Waals surface area contributed by atoms with Crippen molar-refractivity contribution in [2.45, 2.75) is 17.4 Å². The lowest BCUT2D eigenvalue weighted by atomic mass is 10.2. The minimum Gasteiger partial charge on any atom is -0.442 e. The summed E-state index contributed by atoms with van der Waals surface area (Å²) in [6, 6.07) is 5.97. The van der Waals surface area contributed by atoms with Gasteiger partial charge in [-0.15, -0.1) is 0 Å². The molecule has 2 heterocycles. The van der Waals surface area contributed by atoms with Gasteiger partial charge in [-0.2, -0.15) is 4.57 Å². The van der Waals surface area contributed by atoms with Gasteiger partial charge in [0.25, 0.3) is 4.34 Å². The monoisotopic (exact) mass is 352 g/mol. The lowest BCUT2D eigenvalue weighted by Gasteiger charge is -2.12. The summed E-state index contributed by atoms with van der Waals surface area (Å²) in [6.45, 7) is 2.23. The van der Waals surface area contributed by atoms with E-state index >= 15 is 0 Å². The standard InChI is InChI=1S/C15H17N3O3S2/c1-9(19)16-7-11-8-18(14(20)21-11)10-4-5-12-13(6-10)23-15(22-3)17(12)2/h4-6,11H,7-8H2,1-3H3/p+1. The van der Waals surface area contributed by atoms with E-state index in [1.807, 2.05) is 25.2 Å². The van der Waals surface area contributed by atoms with Crippen molar-refractivity contribution >= 4 is 51.0 Å². The molecule has 0 spiro atoms. The largest absolute Gasteiger partial charge is 0.442 e. The summed E-state index contributed by atoms with van der Waals surface area (Å²) < 4.78 is 9.80.